The number of carbonyl (C=O) groups is 1. The average molecular weight is 386 g/mol. The highest BCUT2D eigenvalue weighted by atomic mass is 35.5. The molecule has 1 aromatic heterocycles. The van der Waals surface area contributed by atoms with Crippen LogP contribution in [0.25, 0.3) is 0 Å². The van der Waals surface area contributed by atoms with Gasteiger partial charge in [-0.1, -0.05) is 23.4 Å². The highest BCUT2D eigenvalue weighted by Crippen LogP contribution is 2.34. The zero-order valence-electron chi connectivity index (χ0n) is 13.9. The maximum absolute atomic E-state index is 11.1. The normalized spacial score (nSPS) is 10.4. The van der Waals surface area contributed by atoms with Crippen molar-refractivity contribution >= 4 is 52.2 Å². The van der Waals surface area contributed by atoms with Crippen LogP contribution in [0.4, 0.5) is 22.9 Å². The minimum atomic E-state index is -0.116. The zero-order valence-corrected chi connectivity index (χ0v) is 15.4. The molecule has 0 aliphatic rings. The molecule has 6 nitrogen and oxygen atoms in total. The predicted molar refractivity (Wildman–Crippen MR) is 106 cm³/mol. The largest absolute Gasteiger partial charge is 0.394 e. The van der Waals surface area contributed by atoms with E-state index in [4.69, 9.17) is 17.3 Å². The van der Waals surface area contributed by atoms with Crippen LogP contribution in [0.2, 0.25) is 5.02 Å². The number of hydrogen-bond donors (Lipinski definition) is 3. The molecule has 2 aromatic carbocycles. The molecule has 0 bridgehead atoms. The summed E-state index contributed by atoms with van der Waals surface area (Å²) in [5.74, 6) is 0.401. The van der Waals surface area contributed by atoms with E-state index in [1.807, 2.05) is 36.4 Å². The fourth-order valence-corrected chi connectivity index (χ4v) is 3.08. The molecule has 132 valence electrons. The lowest BCUT2D eigenvalue weighted by Crippen LogP contribution is -2.06. The third-order valence-electron chi connectivity index (χ3n) is 3.34. The Morgan fingerprint density at radius 2 is 1.69 bits per heavy atom. The Labute approximate surface area is 160 Å². The van der Waals surface area contributed by atoms with E-state index in [2.05, 4.69) is 20.6 Å². The van der Waals surface area contributed by atoms with Crippen LogP contribution in [0.3, 0.4) is 0 Å². The van der Waals surface area contributed by atoms with Crippen molar-refractivity contribution in [3.63, 3.8) is 0 Å². The molecular weight excluding hydrogens is 370 g/mol. The Morgan fingerprint density at radius 3 is 2.35 bits per heavy atom. The number of hydrogen-bond acceptors (Lipinski definition) is 6. The number of carbonyl (C=O) groups excluding carboxylic acids is 1. The standard InChI is InChI=1S/C18H16ClN5OS/c1-11(25)23-13-4-6-14(7-5-13)24-17-16(20)18(22-10-21-17)26-15-8-2-12(19)3-9-15/h2-10H,20H2,1H3,(H,23,25)(H,21,22,24). The first-order valence-electron chi connectivity index (χ1n) is 7.70. The van der Waals surface area contributed by atoms with Gasteiger partial charge in [0.15, 0.2) is 5.82 Å². The van der Waals surface area contributed by atoms with E-state index in [0.717, 1.165) is 16.3 Å². The Hall–Kier alpha value is -2.77. The van der Waals surface area contributed by atoms with Crippen molar-refractivity contribution in [3.05, 3.63) is 59.9 Å². The molecule has 0 aliphatic carbocycles. The monoisotopic (exact) mass is 385 g/mol. The second-order valence-corrected chi connectivity index (χ2v) is 6.88. The number of halogens is 1. The van der Waals surface area contributed by atoms with E-state index < -0.39 is 0 Å². The van der Waals surface area contributed by atoms with Gasteiger partial charge in [-0.2, -0.15) is 0 Å². The number of nitrogens with zero attached hydrogens (tertiary/aromatic N) is 2. The van der Waals surface area contributed by atoms with E-state index in [1.54, 1.807) is 12.1 Å². The van der Waals surface area contributed by atoms with Crippen LogP contribution in [-0.4, -0.2) is 15.9 Å². The summed E-state index contributed by atoms with van der Waals surface area (Å²) < 4.78 is 0. The van der Waals surface area contributed by atoms with E-state index in [9.17, 15) is 4.79 Å². The molecular formula is C18H16ClN5OS. The lowest BCUT2D eigenvalue weighted by Gasteiger charge is -2.11. The number of rotatable bonds is 5. The Morgan fingerprint density at radius 1 is 1.04 bits per heavy atom. The van der Waals surface area contributed by atoms with E-state index >= 15 is 0 Å². The summed E-state index contributed by atoms with van der Waals surface area (Å²) in [6.07, 6.45) is 1.46. The van der Waals surface area contributed by atoms with E-state index in [-0.39, 0.29) is 5.91 Å². The van der Waals surface area contributed by atoms with Crippen molar-refractivity contribution in [3.8, 4) is 0 Å². The first kappa shape index (κ1) is 18.0. The summed E-state index contributed by atoms with van der Waals surface area (Å²) >= 11 is 7.34. The SMILES string of the molecule is CC(=O)Nc1ccc(Nc2ncnc(Sc3ccc(Cl)cc3)c2N)cc1. The van der Waals surface area contributed by atoms with Crippen LogP contribution in [0.1, 0.15) is 6.92 Å². The van der Waals surface area contributed by atoms with Crippen LogP contribution < -0.4 is 16.4 Å². The van der Waals surface area contributed by atoms with Crippen LogP contribution in [0, 0.1) is 0 Å². The van der Waals surface area contributed by atoms with Crippen LogP contribution >= 0.6 is 23.4 Å². The maximum Gasteiger partial charge on any atom is 0.221 e. The number of nitrogens with two attached hydrogens (primary N) is 1. The van der Waals surface area contributed by atoms with E-state index in [1.165, 1.54) is 25.0 Å². The molecule has 0 unspecified atom stereocenters. The van der Waals surface area contributed by atoms with Gasteiger partial charge in [0.25, 0.3) is 0 Å². The smallest absolute Gasteiger partial charge is 0.221 e. The fraction of sp³-hybridized carbons (Fsp3) is 0.0556. The average Bonchev–Trinajstić information content (AvgIpc) is 2.61. The first-order chi connectivity index (χ1) is 12.5. The molecule has 1 heterocycles. The van der Waals surface area contributed by atoms with Crippen LogP contribution in [0.5, 0.6) is 0 Å². The highest BCUT2D eigenvalue weighted by Gasteiger charge is 2.10. The Balaban J connectivity index is 1.76. The number of amides is 1. The molecule has 0 atom stereocenters. The number of anilines is 4. The lowest BCUT2D eigenvalue weighted by atomic mass is 10.2. The third kappa shape index (κ3) is 4.65. The summed E-state index contributed by atoms with van der Waals surface area (Å²) in [6.45, 7) is 1.47. The highest BCUT2D eigenvalue weighted by molar-refractivity contribution is 7.99. The molecule has 8 heteroatoms. The lowest BCUT2D eigenvalue weighted by molar-refractivity contribution is -0.114. The zero-order chi connectivity index (χ0) is 18.5. The summed E-state index contributed by atoms with van der Waals surface area (Å²) in [7, 11) is 0. The van der Waals surface area contributed by atoms with Gasteiger partial charge in [-0.25, -0.2) is 9.97 Å². The van der Waals surface area contributed by atoms with Crippen molar-refractivity contribution in [1.82, 2.24) is 9.97 Å². The van der Waals surface area contributed by atoms with Gasteiger partial charge in [0.05, 0.1) is 0 Å². The second kappa shape index (κ2) is 8.07. The Bertz CT molecular complexity index is 916. The van der Waals surface area contributed by atoms with Crippen LogP contribution in [-0.2, 0) is 4.79 Å². The van der Waals surface area contributed by atoms with Crippen LogP contribution in [0.15, 0.2) is 64.8 Å². The quantitative estimate of drug-likeness (QED) is 0.557. The number of nitrogen functional groups attached to an aromatic ring is 1. The number of aromatic nitrogens is 2. The third-order valence-corrected chi connectivity index (χ3v) is 4.62. The topological polar surface area (TPSA) is 92.9 Å². The summed E-state index contributed by atoms with van der Waals surface area (Å²) in [4.78, 5) is 20.5. The van der Waals surface area contributed by atoms with Crippen molar-refractivity contribution in [2.45, 2.75) is 16.8 Å². The minimum absolute atomic E-state index is 0.116. The molecule has 3 aromatic rings. The van der Waals surface area contributed by atoms with Gasteiger partial charge in [-0.05, 0) is 48.5 Å². The van der Waals surface area contributed by atoms with Gasteiger partial charge in [-0.15, -0.1) is 0 Å². The number of benzene rings is 2. The fourth-order valence-electron chi connectivity index (χ4n) is 2.15. The second-order valence-electron chi connectivity index (χ2n) is 5.38. The molecule has 3 rings (SSSR count). The Kier molecular flexibility index (Phi) is 5.60. The molecule has 1 amide bonds. The molecule has 0 spiro atoms. The molecule has 0 fully saturated rings. The van der Waals surface area contributed by atoms with Gasteiger partial charge in [0, 0.05) is 28.2 Å². The summed E-state index contributed by atoms with van der Waals surface area (Å²) in [5.41, 5.74) is 8.19. The van der Waals surface area contributed by atoms with Gasteiger partial charge < -0.3 is 16.4 Å². The minimum Gasteiger partial charge on any atom is -0.394 e. The molecule has 0 saturated heterocycles. The summed E-state index contributed by atoms with van der Waals surface area (Å²) in [5, 5.41) is 7.21. The van der Waals surface area contributed by atoms with Crippen molar-refractivity contribution < 1.29 is 4.79 Å². The predicted octanol–water partition coefficient (Wildman–Crippen LogP) is 4.57. The van der Waals surface area contributed by atoms with Gasteiger partial charge in [-0.3, -0.25) is 4.79 Å². The summed E-state index contributed by atoms with van der Waals surface area (Å²) in [6, 6.07) is 14.7. The van der Waals surface area contributed by atoms with Crippen molar-refractivity contribution in [1.29, 1.82) is 0 Å². The number of nitrogens with one attached hydrogen (secondary N) is 2. The molecule has 4 N–H and O–H groups in total. The maximum atomic E-state index is 11.1. The van der Waals surface area contributed by atoms with E-state index in [0.29, 0.717) is 21.6 Å². The first-order valence-corrected chi connectivity index (χ1v) is 8.89. The van der Waals surface area contributed by atoms with Gasteiger partial charge >= 0.3 is 0 Å². The molecule has 0 aliphatic heterocycles. The molecule has 26 heavy (non-hydrogen) atoms. The molecule has 0 radical (unpaired) electrons. The molecule has 0 saturated carbocycles. The van der Waals surface area contributed by atoms with Gasteiger partial charge in [0.2, 0.25) is 5.91 Å². The van der Waals surface area contributed by atoms with Crippen molar-refractivity contribution in [2.24, 2.45) is 0 Å². The van der Waals surface area contributed by atoms with Crippen molar-refractivity contribution in [2.75, 3.05) is 16.4 Å². The van der Waals surface area contributed by atoms with Gasteiger partial charge in [0.1, 0.15) is 17.0 Å².